The van der Waals surface area contributed by atoms with E-state index in [9.17, 15) is 4.79 Å². The Balaban J connectivity index is 1.84. The lowest BCUT2D eigenvalue weighted by molar-refractivity contribution is 0.0949. The van der Waals surface area contributed by atoms with Gasteiger partial charge in [0.15, 0.2) is 0 Å². The molecule has 1 aromatic carbocycles. The van der Waals surface area contributed by atoms with Crippen LogP contribution in [-0.4, -0.2) is 50.6 Å². The van der Waals surface area contributed by atoms with Crippen molar-refractivity contribution in [3.63, 3.8) is 0 Å². The topological polar surface area (TPSA) is 44.4 Å². The second kappa shape index (κ2) is 8.02. The Kier molecular flexibility index (Phi) is 6.02. The maximum absolute atomic E-state index is 12.3. The molecule has 1 aromatic rings. The molecule has 2 N–H and O–H groups in total. The average molecular weight is 275 g/mol. The predicted octanol–water partition coefficient (Wildman–Crippen LogP) is 1.27. The van der Waals surface area contributed by atoms with Gasteiger partial charge in [0.2, 0.25) is 0 Å². The van der Waals surface area contributed by atoms with Crippen molar-refractivity contribution in [2.24, 2.45) is 0 Å². The third kappa shape index (κ3) is 4.32. The number of carbonyl (C=O) groups excluding carboxylic acids is 1. The summed E-state index contributed by atoms with van der Waals surface area (Å²) in [6.07, 6.45) is 3.47. The molecule has 4 nitrogen and oxygen atoms in total. The van der Waals surface area contributed by atoms with Crippen molar-refractivity contribution in [1.29, 1.82) is 0 Å². The number of amides is 1. The van der Waals surface area contributed by atoms with Crippen molar-refractivity contribution in [3.05, 3.63) is 35.4 Å². The molecule has 0 spiro atoms. The molecule has 1 heterocycles. The molecular weight excluding hydrogens is 250 g/mol. The quantitative estimate of drug-likeness (QED) is 0.788. The first kappa shape index (κ1) is 15.0. The van der Waals surface area contributed by atoms with E-state index < -0.39 is 0 Å². The Labute approximate surface area is 121 Å². The SMILES string of the molecule is CNCCc1ccccc1C(=O)NCCN1CCCC1. The Bertz CT molecular complexity index is 427. The minimum atomic E-state index is 0.0518. The smallest absolute Gasteiger partial charge is 0.251 e. The fourth-order valence-electron chi connectivity index (χ4n) is 2.65. The van der Waals surface area contributed by atoms with E-state index in [2.05, 4.69) is 15.5 Å². The molecule has 1 saturated heterocycles. The molecule has 0 saturated carbocycles. The van der Waals surface area contributed by atoms with Gasteiger partial charge in [-0.05, 0) is 57.6 Å². The monoisotopic (exact) mass is 275 g/mol. The summed E-state index contributed by atoms with van der Waals surface area (Å²) in [4.78, 5) is 14.7. The first-order chi connectivity index (χ1) is 9.81. The van der Waals surface area contributed by atoms with Crippen LogP contribution in [0.4, 0.5) is 0 Å². The number of nitrogens with zero attached hydrogens (tertiary/aromatic N) is 1. The van der Waals surface area contributed by atoms with Crippen LogP contribution in [0.1, 0.15) is 28.8 Å². The van der Waals surface area contributed by atoms with Gasteiger partial charge in [0.1, 0.15) is 0 Å². The van der Waals surface area contributed by atoms with Crippen molar-refractivity contribution in [3.8, 4) is 0 Å². The van der Waals surface area contributed by atoms with E-state index in [1.165, 1.54) is 25.9 Å². The minimum absolute atomic E-state index is 0.0518. The van der Waals surface area contributed by atoms with Crippen LogP contribution in [0.3, 0.4) is 0 Å². The van der Waals surface area contributed by atoms with Crippen LogP contribution in [0.25, 0.3) is 0 Å². The van der Waals surface area contributed by atoms with Gasteiger partial charge in [-0.15, -0.1) is 0 Å². The van der Waals surface area contributed by atoms with E-state index in [1.54, 1.807) is 0 Å². The highest BCUT2D eigenvalue weighted by Crippen LogP contribution is 2.09. The summed E-state index contributed by atoms with van der Waals surface area (Å²) >= 11 is 0. The number of likely N-dealkylation sites (N-methyl/N-ethyl adjacent to an activating group) is 1. The summed E-state index contributed by atoms with van der Waals surface area (Å²) in [7, 11) is 1.93. The highest BCUT2D eigenvalue weighted by Gasteiger charge is 2.13. The van der Waals surface area contributed by atoms with Gasteiger partial charge in [-0.1, -0.05) is 18.2 Å². The molecule has 0 radical (unpaired) electrons. The number of rotatable bonds is 7. The molecule has 1 aliphatic heterocycles. The average Bonchev–Trinajstić information content (AvgIpc) is 2.98. The van der Waals surface area contributed by atoms with Crippen molar-refractivity contribution in [2.45, 2.75) is 19.3 Å². The molecule has 110 valence electrons. The van der Waals surface area contributed by atoms with Gasteiger partial charge >= 0.3 is 0 Å². The lowest BCUT2D eigenvalue weighted by atomic mass is 10.0. The Hall–Kier alpha value is -1.39. The van der Waals surface area contributed by atoms with E-state index in [4.69, 9.17) is 0 Å². The zero-order valence-electron chi connectivity index (χ0n) is 12.3. The summed E-state index contributed by atoms with van der Waals surface area (Å²) < 4.78 is 0. The summed E-state index contributed by atoms with van der Waals surface area (Å²) in [6, 6.07) is 7.87. The van der Waals surface area contributed by atoms with Crippen molar-refractivity contribution in [1.82, 2.24) is 15.5 Å². The molecule has 0 unspecified atom stereocenters. The van der Waals surface area contributed by atoms with Crippen LogP contribution >= 0.6 is 0 Å². The van der Waals surface area contributed by atoms with E-state index in [0.717, 1.165) is 37.2 Å². The van der Waals surface area contributed by atoms with Gasteiger partial charge in [0, 0.05) is 18.7 Å². The largest absolute Gasteiger partial charge is 0.351 e. The molecular formula is C16H25N3O. The molecule has 0 bridgehead atoms. The van der Waals surface area contributed by atoms with Crippen molar-refractivity contribution >= 4 is 5.91 Å². The number of likely N-dealkylation sites (tertiary alicyclic amines) is 1. The molecule has 1 aliphatic rings. The van der Waals surface area contributed by atoms with Crippen LogP contribution in [0.15, 0.2) is 24.3 Å². The minimum Gasteiger partial charge on any atom is -0.351 e. The van der Waals surface area contributed by atoms with E-state index in [1.807, 2.05) is 31.3 Å². The van der Waals surface area contributed by atoms with E-state index in [0.29, 0.717) is 0 Å². The normalized spacial score (nSPS) is 15.4. The van der Waals surface area contributed by atoms with Crippen molar-refractivity contribution < 1.29 is 4.79 Å². The molecule has 2 rings (SSSR count). The third-order valence-corrected chi connectivity index (χ3v) is 3.82. The molecule has 4 heteroatoms. The van der Waals surface area contributed by atoms with Gasteiger partial charge in [-0.25, -0.2) is 0 Å². The highest BCUT2D eigenvalue weighted by atomic mass is 16.1. The van der Waals surface area contributed by atoms with Crippen LogP contribution in [0, 0.1) is 0 Å². The Morgan fingerprint density at radius 1 is 1.20 bits per heavy atom. The summed E-state index contributed by atoms with van der Waals surface area (Å²) in [5, 5.41) is 6.17. The number of nitrogens with one attached hydrogen (secondary N) is 2. The van der Waals surface area contributed by atoms with E-state index >= 15 is 0 Å². The number of benzene rings is 1. The Morgan fingerprint density at radius 3 is 2.70 bits per heavy atom. The first-order valence-corrected chi connectivity index (χ1v) is 7.54. The molecule has 1 amide bonds. The molecule has 0 aliphatic carbocycles. The second-order valence-electron chi connectivity index (χ2n) is 5.32. The summed E-state index contributed by atoms with van der Waals surface area (Å²) in [5.41, 5.74) is 1.92. The van der Waals surface area contributed by atoms with Crippen LogP contribution in [0.2, 0.25) is 0 Å². The Morgan fingerprint density at radius 2 is 1.95 bits per heavy atom. The fourth-order valence-corrected chi connectivity index (χ4v) is 2.65. The fraction of sp³-hybridized carbons (Fsp3) is 0.562. The van der Waals surface area contributed by atoms with Crippen LogP contribution in [-0.2, 0) is 6.42 Å². The van der Waals surface area contributed by atoms with Crippen molar-refractivity contribution in [2.75, 3.05) is 39.8 Å². The van der Waals surface area contributed by atoms with Gasteiger partial charge in [-0.3, -0.25) is 4.79 Å². The lowest BCUT2D eigenvalue weighted by Crippen LogP contribution is -2.34. The second-order valence-corrected chi connectivity index (χ2v) is 5.32. The molecule has 20 heavy (non-hydrogen) atoms. The van der Waals surface area contributed by atoms with Gasteiger partial charge in [0.25, 0.3) is 5.91 Å². The molecule has 0 atom stereocenters. The van der Waals surface area contributed by atoms with Crippen LogP contribution < -0.4 is 10.6 Å². The number of hydrogen-bond acceptors (Lipinski definition) is 3. The number of hydrogen-bond donors (Lipinski definition) is 2. The summed E-state index contributed by atoms with van der Waals surface area (Å²) in [6.45, 7) is 4.94. The van der Waals surface area contributed by atoms with E-state index in [-0.39, 0.29) is 5.91 Å². The van der Waals surface area contributed by atoms with Gasteiger partial charge < -0.3 is 15.5 Å². The summed E-state index contributed by atoms with van der Waals surface area (Å²) in [5.74, 6) is 0.0518. The zero-order chi connectivity index (χ0) is 14.2. The van der Waals surface area contributed by atoms with Gasteiger partial charge in [-0.2, -0.15) is 0 Å². The number of carbonyl (C=O) groups is 1. The maximum Gasteiger partial charge on any atom is 0.251 e. The first-order valence-electron chi connectivity index (χ1n) is 7.54. The third-order valence-electron chi connectivity index (χ3n) is 3.82. The highest BCUT2D eigenvalue weighted by molar-refractivity contribution is 5.95. The zero-order valence-corrected chi connectivity index (χ0v) is 12.3. The molecule has 0 aromatic heterocycles. The predicted molar refractivity (Wildman–Crippen MR) is 82.1 cm³/mol. The standard InChI is InChI=1S/C16H25N3O/c1-17-9-8-14-6-2-3-7-15(14)16(20)18-10-13-19-11-4-5-12-19/h2-3,6-7,17H,4-5,8-13H2,1H3,(H,18,20). The molecule has 1 fully saturated rings. The lowest BCUT2D eigenvalue weighted by Gasteiger charge is -2.15. The maximum atomic E-state index is 12.3. The van der Waals surface area contributed by atoms with Crippen LogP contribution in [0.5, 0.6) is 0 Å². The van der Waals surface area contributed by atoms with Gasteiger partial charge in [0.05, 0.1) is 0 Å².